The van der Waals surface area contributed by atoms with Crippen LogP contribution in [0.4, 0.5) is 10.1 Å². The van der Waals surface area contributed by atoms with Crippen molar-refractivity contribution in [1.82, 2.24) is 0 Å². The summed E-state index contributed by atoms with van der Waals surface area (Å²) >= 11 is 0. The van der Waals surface area contributed by atoms with Crippen molar-refractivity contribution < 1.29 is 13.9 Å². The van der Waals surface area contributed by atoms with Crippen molar-refractivity contribution in [2.45, 2.75) is 38.1 Å². The van der Waals surface area contributed by atoms with Crippen molar-refractivity contribution >= 4 is 11.7 Å². The van der Waals surface area contributed by atoms with Gasteiger partial charge in [-0.15, -0.1) is 0 Å². The second-order valence-electron chi connectivity index (χ2n) is 5.91. The number of esters is 1. The number of hydrogen-bond donors (Lipinski definition) is 0. The molecular formula is C16H20FNO2. The lowest BCUT2D eigenvalue weighted by Crippen LogP contribution is -2.55. The van der Waals surface area contributed by atoms with E-state index in [0.717, 1.165) is 30.6 Å². The van der Waals surface area contributed by atoms with Crippen LogP contribution < -0.4 is 4.90 Å². The van der Waals surface area contributed by atoms with Crippen molar-refractivity contribution in [3.8, 4) is 0 Å². The molecule has 1 aromatic rings. The summed E-state index contributed by atoms with van der Waals surface area (Å²) in [5, 5.41) is 0. The van der Waals surface area contributed by atoms with Crippen LogP contribution in [0.25, 0.3) is 0 Å². The number of rotatable bonds is 4. The number of benzene rings is 1. The third-order valence-electron chi connectivity index (χ3n) is 4.59. The number of halogens is 1. The second kappa shape index (κ2) is 5.08. The summed E-state index contributed by atoms with van der Waals surface area (Å²) in [6.07, 6.45) is 2.66. The Morgan fingerprint density at radius 2 is 2.20 bits per heavy atom. The first-order valence-corrected chi connectivity index (χ1v) is 7.23. The zero-order valence-electron chi connectivity index (χ0n) is 11.9. The zero-order valence-corrected chi connectivity index (χ0v) is 11.9. The van der Waals surface area contributed by atoms with Crippen LogP contribution in [0.2, 0.25) is 0 Å². The average Bonchev–Trinajstić information content (AvgIpc) is 3.26. The molecule has 1 heterocycles. The van der Waals surface area contributed by atoms with Crippen molar-refractivity contribution in [3.63, 3.8) is 0 Å². The topological polar surface area (TPSA) is 29.5 Å². The van der Waals surface area contributed by atoms with Crippen LogP contribution in [-0.2, 0) is 9.53 Å². The highest BCUT2D eigenvalue weighted by Crippen LogP contribution is 2.42. The molecule has 1 saturated carbocycles. The van der Waals surface area contributed by atoms with Crippen molar-refractivity contribution in [2.24, 2.45) is 5.92 Å². The van der Waals surface area contributed by atoms with Gasteiger partial charge in [-0.25, -0.2) is 4.39 Å². The molecule has 1 aliphatic carbocycles. The zero-order chi connectivity index (χ0) is 14.3. The van der Waals surface area contributed by atoms with E-state index in [0.29, 0.717) is 18.3 Å². The van der Waals surface area contributed by atoms with Crippen LogP contribution in [0.1, 0.15) is 37.7 Å². The van der Waals surface area contributed by atoms with Gasteiger partial charge >= 0.3 is 5.97 Å². The Kier molecular flexibility index (Phi) is 3.40. The molecular weight excluding hydrogens is 257 g/mol. The Labute approximate surface area is 118 Å². The maximum Gasteiger partial charge on any atom is 0.305 e. The van der Waals surface area contributed by atoms with E-state index in [1.165, 1.54) is 7.11 Å². The Morgan fingerprint density at radius 1 is 1.45 bits per heavy atom. The summed E-state index contributed by atoms with van der Waals surface area (Å²) in [6.45, 7) is 2.86. The van der Waals surface area contributed by atoms with Gasteiger partial charge in [0, 0.05) is 24.2 Å². The van der Waals surface area contributed by atoms with Gasteiger partial charge in [0.15, 0.2) is 0 Å². The molecule has 4 heteroatoms. The number of anilines is 1. The first-order chi connectivity index (χ1) is 9.60. The molecule has 0 aromatic heterocycles. The highest BCUT2D eigenvalue weighted by Gasteiger charge is 2.37. The summed E-state index contributed by atoms with van der Waals surface area (Å²) in [7, 11) is 1.41. The Balaban J connectivity index is 1.66. The second-order valence-corrected chi connectivity index (χ2v) is 5.91. The Hall–Kier alpha value is -1.58. The van der Waals surface area contributed by atoms with E-state index in [2.05, 4.69) is 11.8 Å². The lowest BCUT2D eigenvalue weighted by atomic mass is 9.86. The van der Waals surface area contributed by atoms with Gasteiger partial charge in [0.1, 0.15) is 5.82 Å². The van der Waals surface area contributed by atoms with Crippen LogP contribution in [0.5, 0.6) is 0 Å². The molecule has 0 bridgehead atoms. The summed E-state index contributed by atoms with van der Waals surface area (Å²) in [6, 6.07) is 5.81. The van der Waals surface area contributed by atoms with Crippen molar-refractivity contribution in [1.29, 1.82) is 0 Å². The number of nitrogens with zero attached hydrogens (tertiary/aromatic N) is 1. The number of carbonyl (C=O) groups is 1. The molecule has 0 spiro atoms. The van der Waals surface area contributed by atoms with E-state index < -0.39 is 0 Å². The molecule has 2 aliphatic rings. The van der Waals surface area contributed by atoms with Gasteiger partial charge in [0.2, 0.25) is 0 Å². The standard InChI is InChI=1S/C16H20FNO2/c1-10-12(7-16(19)20-2)9-18(10)13-5-6-14(11-3-4-11)15(17)8-13/h5-6,8,10-12H,3-4,7,9H2,1-2H3. The fraction of sp³-hybridized carbons (Fsp3) is 0.562. The third kappa shape index (κ3) is 2.39. The molecule has 0 amide bonds. The smallest absolute Gasteiger partial charge is 0.305 e. The molecule has 1 aliphatic heterocycles. The summed E-state index contributed by atoms with van der Waals surface area (Å²) in [5.74, 6) is 0.476. The van der Waals surface area contributed by atoms with Gasteiger partial charge in [-0.3, -0.25) is 4.79 Å². The number of methoxy groups -OCH3 is 1. The van der Waals surface area contributed by atoms with Crippen LogP contribution in [0.15, 0.2) is 18.2 Å². The largest absolute Gasteiger partial charge is 0.469 e. The molecule has 2 fully saturated rings. The van der Waals surface area contributed by atoms with E-state index in [-0.39, 0.29) is 17.8 Å². The average molecular weight is 277 g/mol. The first kappa shape index (κ1) is 13.4. The van der Waals surface area contributed by atoms with Gasteiger partial charge in [-0.05, 0) is 43.4 Å². The molecule has 20 heavy (non-hydrogen) atoms. The highest BCUT2D eigenvalue weighted by atomic mass is 19.1. The van der Waals surface area contributed by atoms with Gasteiger partial charge < -0.3 is 9.64 Å². The lowest BCUT2D eigenvalue weighted by Gasteiger charge is -2.47. The third-order valence-corrected chi connectivity index (χ3v) is 4.59. The van der Waals surface area contributed by atoms with E-state index in [9.17, 15) is 9.18 Å². The van der Waals surface area contributed by atoms with Crippen molar-refractivity contribution in [2.75, 3.05) is 18.6 Å². The van der Waals surface area contributed by atoms with E-state index >= 15 is 0 Å². The SMILES string of the molecule is COC(=O)CC1CN(c2ccc(C3CC3)c(F)c2)C1C. The number of carbonyl (C=O) groups excluding carboxylic acids is 1. The van der Waals surface area contributed by atoms with Gasteiger partial charge in [-0.2, -0.15) is 0 Å². The molecule has 108 valence electrons. The predicted molar refractivity (Wildman–Crippen MR) is 75.3 cm³/mol. The minimum absolute atomic E-state index is 0.0892. The molecule has 2 atom stereocenters. The quantitative estimate of drug-likeness (QED) is 0.792. The maximum absolute atomic E-state index is 14.0. The molecule has 3 nitrogen and oxygen atoms in total. The first-order valence-electron chi connectivity index (χ1n) is 7.23. The number of hydrogen-bond acceptors (Lipinski definition) is 3. The van der Waals surface area contributed by atoms with Gasteiger partial charge in [-0.1, -0.05) is 6.07 Å². The van der Waals surface area contributed by atoms with Crippen molar-refractivity contribution in [3.05, 3.63) is 29.6 Å². The van der Waals surface area contributed by atoms with Gasteiger partial charge in [0.05, 0.1) is 13.5 Å². The normalized spacial score (nSPS) is 25.2. The lowest BCUT2D eigenvalue weighted by molar-refractivity contribution is -0.142. The fourth-order valence-electron chi connectivity index (χ4n) is 2.98. The molecule has 0 radical (unpaired) electrons. The van der Waals surface area contributed by atoms with Crippen LogP contribution in [0.3, 0.4) is 0 Å². The maximum atomic E-state index is 14.0. The molecule has 2 unspecified atom stereocenters. The summed E-state index contributed by atoms with van der Waals surface area (Å²) in [4.78, 5) is 13.4. The van der Waals surface area contributed by atoms with Crippen LogP contribution in [0, 0.1) is 11.7 Å². The molecule has 0 N–H and O–H groups in total. The Bertz CT molecular complexity index is 527. The van der Waals surface area contributed by atoms with Crippen LogP contribution >= 0.6 is 0 Å². The van der Waals surface area contributed by atoms with Gasteiger partial charge in [0.25, 0.3) is 0 Å². The van der Waals surface area contributed by atoms with E-state index in [1.807, 2.05) is 12.1 Å². The highest BCUT2D eigenvalue weighted by molar-refractivity contribution is 5.70. The Morgan fingerprint density at radius 3 is 2.75 bits per heavy atom. The summed E-state index contributed by atoms with van der Waals surface area (Å²) in [5.41, 5.74) is 1.77. The summed E-state index contributed by atoms with van der Waals surface area (Å²) < 4.78 is 18.7. The monoisotopic (exact) mass is 277 g/mol. The minimum Gasteiger partial charge on any atom is -0.469 e. The fourth-order valence-corrected chi connectivity index (χ4v) is 2.98. The predicted octanol–water partition coefficient (Wildman–Crippen LogP) is 3.09. The van der Waals surface area contributed by atoms with E-state index in [4.69, 9.17) is 4.74 Å². The minimum atomic E-state index is -0.170. The molecule has 1 aromatic carbocycles. The number of ether oxygens (including phenoxy) is 1. The molecule has 1 saturated heterocycles. The molecule has 3 rings (SSSR count). The van der Waals surface area contributed by atoms with E-state index in [1.54, 1.807) is 6.07 Å². The van der Waals surface area contributed by atoms with Crippen LogP contribution in [-0.4, -0.2) is 25.7 Å².